The summed E-state index contributed by atoms with van der Waals surface area (Å²) >= 11 is 0. The first-order chi connectivity index (χ1) is 9.08. The van der Waals surface area contributed by atoms with Gasteiger partial charge in [-0.25, -0.2) is 0 Å². The number of para-hydroxylation sites is 1. The van der Waals surface area contributed by atoms with E-state index in [0.717, 1.165) is 25.1 Å². The van der Waals surface area contributed by atoms with Gasteiger partial charge in [0, 0.05) is 24.4 Å². The van der Waals surface area contributed by atoms with Crippen molar-refractivity contribution in [2.24, 2.45) is 11.7 Å². The van der Waals surface area contributed by atoms with E-state index in [9.17, 15) is 4.79 Å². The van der Waals surface area contributed by atoms with Crippen LogP contribution in [0, 0.1) is 5.92 Å². The van der Waals surface area contributed by atoms with Gasteiger partial charge in [0.15, 0.2) is 0 Å². The van der Waals surface area contributed by atoms with Gasteiger partial charge in [0.2, 0.25) is 0 Å². The van der Waals surface area contributed by atoms with Gasteiger partial charge in [0.1, 0.15) is 0 Å². The van der Waals surface area contributed by atoms with Crippen LogP contribution >= 0.6 is 0 Å². The largest absolute Gasteiger partial charge is 0.324 e. The molecule has 1 heterocycles. The normalized spacial score (nSPS) is 16.1. The van der Waals surface area contributed by atoms with Crippen LogP contribution in [0.5, 0.6) is 0 Å². The predicted molar refractivity (Wildman–Crippen MR) is 79.1 cm³/mol. The third-order valence-corrected chi connectivity index (χ3v) is 3.38. The van der Waals surface area contributed by atoms with E-state index in [4.69, 9.17) is 5.73 Å². The minimum atomic E-state index is -0.0400. The first-order valence-electron chi connectivity index (χ1n) is 6.91. The summed E-state index contributed by atoms with van der Waals surface area (Å²) in [5.41, 5.74) is 8.24. The number of hydrogen-bond acceptors (Lipinski definition) is 2. The maximum atomic E-state index is 12.2. The fourth-order valence-corrected chi connectivity index (χ4v) is 2.49. The van der Waals surface area contributed by atoms with Crippen LogP contribution in [0.1, 0.15) is 25.8 Å². The third kappa shape index (κ3) is 3.44. The molecule has 0 fully saturated rings. The van der Waals surface area contributed by atoms with Crippen molar-refractivity contribution in [1.29, 1.82) is 0 Å². The summed E-state index contributed by atoms with van der Waals surface area (Å²) in [6, 6.07) is 8.03. The molecule has 0 saturated heterocycles. The molecule has 0 aromatic heterocycles. The predicted octanol–water partition coefficient (Wildman–Crippen LogP) is 2.51. The van der Waals surface area contributed by atoms with Crippen LogP contribution in [-0.4, -0.2) is 18.5 Å². The lowest BCUT2D eigenvalue weighted by Crippen LogP contribution is -2.28. The Balaban J connectivity index is 2.00. The second kappa shape index (κ2) is 6.02. The molecule has 0 saturated carbocycles. The summed E-state index contributed by atoms with van der Waals surface area (Å²) in [4.78, 5) is 14.0. The Bertz CT molecular complexity index is 479. The average molecular weight is 258 g/mol. The lowest BCUT2D eigenvalue weighted by Gasteiger charge is -2.15. The Morgan fingerprint density at radius 3 is 2.89 bits per heavy atom. The van der Waals surface area contributed by atoms with Crippen LogP contribution in [-0.2, 0) is 11.2 Å². The van der Waals surface area contributed by atoms with Gasteiger partial charge in [0.25, 0.3) is 5.91 Å². The van der Waals surface area contributed by atoms with E-state index in [-0.39, 0.29) is 11.9 Å². The maximum Gasteiger partial charge on any atom is 0.250 e. The molecule has 102 valence electrons. The van der Waals surface area contributed by atoms with Crippen LogP contribution in [0.2, 0.25) is 0 Å². The summed E-state index contributed by atoms with van der Waals surface area (Å²) in [6.07, 6.45) is 5.28. The fraction of sp³-hybridized carbons (Fsp3) is 0.438. The van der Waals surface area contributed by atoms with Gasteiger partial charge >= 0.3 is 0 Å². The van der Waals surface area contributed by atoms with E-state index >= 15 is 0 Å². The highest BCUT2D eigenvalue weighted by molar-refractivity contribution is 6.02. The summed E-state index contributed by atoms with van der Waals surface area (Å²) in [6.45, 7) is 5.03. The van der Waals surface area contributed by atoms with E-state index < -0.39 is 0 Å². The van der Waals surface area contributed by atoms with Crippen molar-refractivity contribution in [2.75, 3.05) is 11.4 Å². The molecular weight excluding hydrogens is 236 g/mol. The Morgan fingerprint density at radius 2 is 2.16 bits per heavy atom. The number of amides is 1. The van der Waals surface area contributed by atoms with Crippen molar-refractivity contribution in [3.8, 4) is 0 Å². The van der Waals surface area contributed by atoms with Gasteiger partial charge < -0.3 is 10.6 Å². The molecule has 0 unspecified atom stereocenters. The van der Waals surface area contributed by atoms with E-state index in [1.54, 1.807) is 6.08 Å². The van der Waals surface area contributed by atoms with Crippen LogP contribution in [0.4, 0.5) is 5.69 Å². The second-order valence-corrected chi connectivity index (χ2v) is 5.52. The smallest absolute Gasteiger partial charge is 0.250 e. The highest BCUT2D eigenvalue weighted by atomic mass is 16.2. The van der Waals surface area contributed by atoms with Crippen molar-refractivity contribution in [3.05, 3.63) is 42.0 Å². The zero-order valence-corrected chi connectivity index (χ0v) is 11.7. The third-order valence-electron chi connectivity index (χ3n) is 3.38. The molecule has 2 rings (SSSR count). The van der Waals surface area contributed by atoms with Crippen molar-refractivity contribution in [2.45, 2.75) is 32.7 Å². The van der Waals surface area contributed by atoms with E-state index in [0.29, 0.717) is 5.92 Å². The molecule has 19 heavy (non-hydrogen) atoms. The molecule has 1 aromatic rings. The minimum Gasteiger partial charge on any atom is -0.324 e. The first-order valence-corrected chi connectivity index (χ1v) is 6.91. The van der Waals surface area contributed by atoms with Crippen LogP contribution in [0.3, 0.4) is 0 Å². The molecule has 3 nitrogen and oxygen atoms in total. The van der Waals surface area contributed by atoms with Crippen LogP contribution < -0.4 is 10.6 Å². The number of carbonyl (C=O) groups is 1. The van der Waals surface area contributed by atoms with Gasteiger partial charge in [-0.1, -0.05) is 38.1 Å². The summed E-state index contributed by atoms with van der Waals surface area (Å²) in [7, 11) is 0. The van der Waals surface area contributed by atoms with Crippen LogP contribution in [0.25, 0.3) is 0 Å². The Hall–Kier alpha value is -1.61. The zero-order chi connectivity index (χ0) is 13.8. The molecule has 1 aromatic carbocycles. The molecular formula is C16H22N2O. The number of rotatable bonds is 4. The van der Waals surface area contributed by atoms with Crippen molar-refractivity contribution >= 4 is 11.6 Å². The minimum absolute atomic E-state index is 0.0316. The topological polar surface area (TPSA) is 46.3 Å². The maximum absolute atomic E-state index is 12.2. The highest BCUT2D eigenvalue weighted by Crippen LogP contribution is 2.27. The molecule has 2 N–H and O–H groups in total. The quantitative estimate of drug-likeness (QED) is 0.843. The highest BCUT2D eigenvalue weighted by Gasteiger charge is 2.22. The molecule has 1 atom stereocenters. The van der Waals surface area contributed by atoms with Crippen molar-refractivity contribution < 1.29 is 4.79 Å². The molecule has 1 aliphatic heterocycles. The molecule has 3 heteroatoms. The average Bonchev–Trinajstić information content (AvgIpc) is 2.79. The SMILES string of the molecule is CC(C)C[C@H](N)C=CC(=O)N1CCc2ccccc21. The van der Waals surface area contributed by atoms with Crippen molar-refractivity contribution in [3.63, 3.8) is 0 Å². The Kier molecular flexibility index (Phi) is 4.38. The van der Waals surface area contributed by atoms with Gasteiger partial charge in [0.05, 0.1) is 0 Å². The van der Waals surface area contributed by atoms with E-state index in [1.807, 2.05) is 29.2 Å². The van der Waals surface area contributed by atoms with Gasteiger partial charge in [-0.2, -0.15) is 0 Å². The summed E-state index contributed by atoms with van der Waals surface area (Å²) < 4.78 is 0. The van der Waals surface area contributed by atoms with Crippen LogP contribution in [0.15, 0.2) is 36.4 Å². The number of carbonyl (C=O) groups excluding carboxylic acids is 1. The van der Waals surface area contributed by atoms with Crippen molar-refractivity contribution in [1.82, 2.24) is 0 Å². The molecule has 1 amide bonds. The van der Waals surface area contributed by atoms with Gasteiger partial charge in [-0.3, -0.25) is 4.79 Å². The first kappa shape index (κ1) is 13.8. The number of nitrogens with two attached hydrogens (primary N) is 1. The van der Waals surface area contributed by atoms with E-state index in [2.05, 4.69) is 19.9 Å². The number of hydrogen-bond donors (Lipinski definition) is 1. The number of anilines is 1. The fourth-order valence-electron chi connectivity index (χ4n) is 2.49. The van der Waals surface area contributed by atoms with Gasteiger partial charge in [-0.15, -0.1) is 0 Å². The van der Waals surface area contributed by atoms with E-state index in [1.165, 1.54) is 5.56 Å². The summed E-state index contributed by atoms with van der Waals surface area (Å²) in [5.74, 6) is 0.575. The molecule has 0 bridgehead atoms. The number of nitrogens with zero attached hydrogens (tertiary/aromatic N) is 1. The second-order valence-electron chi connectivity index (χ2n) is 5.52. The zero-order valence-electron chi connectivity index (χ0n) is 11.7. The lowest BCUT2D eigenvalue weighted by molar-refractivity contribution is -0.114. The number of benzene rings is 1. The molecule has 0 aliphatic carbocycles. The lowest BCUT2D eigenvalue weighted by atomic mass is 10.0. The molecule has 1 aliphatic rings. The Labute approximate surface area is 115 Å². The Morgan fingerprint density at radius 1 is 1.42 bits per heavy atom. The van der Waals surface area contributed by atoms with Gasteiger partial charge in [-0.05, 0) is 30.4 Å². The molecule has 0 spiro atoms. The monoisotopic (exact) mass is 258 g/mol. The standard InChI is InChI=1S/C16H22N2O/c1-12(2)11-14(17)7-8-16(19)18-10-9-13-5-3-4-6-15(13)18/h3-8,12,14H,9-11,17H2,1-2H3/t14-/m1/s1. The molecule has 0 radical (unpaired) electrons. The summed E-state index contributed by atoms with van der Waals surface area (Å²) in [5, 5.41) is 0. The number of fused-ring (bicyclic) bond motifs is 1.